The molecule has 0 bridgehead atoms. The van der Waals surface area contributed by atoms with Gasteiger partial charge in [0.25, 0.3) is 0 Å². The molecule has 0 fully saturated rings. The van der Waals surface area contributed by atoms with Crippen molar-refractivity contribution in [3.63, 3.8) is 0 Å². The monoisotopic (exact) mass is 338 g/mol. The minimum absolute atomic E-state index is 0.584. The smallest absolute Gasteiger partial charge is 0.329 e. The van der Waals surface area contributed by atoms with E-state index in [0.717, 1.165) is 22.4 Å². The van der Waals surface area contributed by atoms with Crippen LogP contribution in [-0.4, -0.2) is 32.1 Å². The summed E-state index contributed by atoms with van der Waals surface area (Å²) in [6.45, 7) is 3.85. The average Bonchev–Trinajstić information content (AvgIpc) is 2.54. The molecule has 0 aliphatic rings. The van der Waals surface area contributed by atoms with E-state index >= 15 is 0 Å². The second-order valence-corrected chi connectivity index (χ2v) is 6.02. The summed E-state index contributed by atoms with van der Waals surface area (Å²) in [4.78, 5) is 25.7. The van der Waals surface area contributed by atoms with Gasteiger partial charge in [0.15, 0.2) is 0 Å². The van der Waals surface area contributed by atoms with E-state index in [4.69, 9.17) is 0 Å². The van der Waals surface area contributed by atoms with Crippen LogP contribution < -0.4 is 15.6 Å². The fourth-order valence-corrected chi connectivity index (χ4v) is 2.31. The Hall–Kier alpha value is -3.15. The first-order valence-electron chi connectivity index (χ1n) is 7.85. The summed E-state index contributed by atoms with van der Waals surface area (Å²) in [5.74, 6) is -1.58. The number of aryl methyl sites for hydroxylation is 2. The van der Waals surface area contributed by atoms with Crippen LogP contribution in [0, 0.1) is 13.8 Å². The molecule has 130 valence electrons. The Morgan fingerprint density at radius 1 is 0.960 bits per heavy atom. The number of hydrogen-bond acceptors (Lipinski definition) is 4. The zero-order chi connectivity index (χ0) is 18.4. The number of rotatable bonds is 4. The molecule has 0 unspecified atom stereocenters. The van der Waals surface area contributed by atoms with Gasteiger partial charge in [0.05, 0.1) is 6.21 Å². The van der Waals surface area contributed by atoms with E-state index in [-0.39, 0.29) is 0 Å². The molecule has 0 saturated carbocycles. The number of anilines is 2. The Bertz CT molecular complexity index is 775. The van der Waals surface area contributed by atoms with Crippen molar-refractivity contribution in [3.05, 3.63) is 59.2 Å². The predicted molar refractivity (Wildman–Crippen MR) is 101 cm³/mol. The molecule has 0 saturated heterocycles. The van der Waals surface area contributed by atoms with Crippen molar-refractivity contribution in [2.24, 2.45) is 5.10 Å². The molecule has 0 heterocycles. The number of nitrogens with one attached hydrogen (secondary N) is 2. The molecule has 2 rings (SSSR count). The van der Waals surface area contributed by atoms with Crippen LogP contribution in [0.25, 0.3) is 0 Å². The minimum Gasteiger partial charge on any atom is -0.378 e. The van der Waals surface area contributed by atoms with E-state index in [1.807, 2.05) is 63.2 Å². The summed E-state index contributed by atoms with van der Waals surface area (Å²) in [7, 11) is 3.91. The molecule has 2 amide bonds. The van der Waals surface area contributed by atoms with Crippen molar-refractivity contribution in [2.75, 3.05) is 24.3 Å². The van der Waals surface area contributed by atoms with Gasteiger partial charge in [-0.25, -0.2) is 5.43 Å². The second kappa shape index (κ2) is 8.10. The lowest BCUT2D eigenvalue weighted by atomic mass is 10.1. The maximum Gasteiger partial charge on any atom is 0.329 e. The molecule has 0 atom stereocenters. The van der Waals surface area contributed by atoms with Crippen LogP contribution in [-0.2, 0) is 9.59 Å². The maximum absolute atomic E-state index is 11.9. The molecule has 2 aromatic rings. The third-order valence-corrected chi connectivity index (χ3v) is 3.47. The van der Waals surface area contributed by atoms with Gasteiger partial charge in [0.1, 0.15) is 0 Å². The Morgan fingerprint density at radius 3 is 2.12 bits per heavy atom. The molecular formula is C19H22N4O2. The standard InChI is InChI=1S/C19H22N4O2/c1-13-9-14(2)11-16(10-13)21-18(24)19(25)22-20-12-15-5-7-17(8-6-15)23(3)4/h5-12H,1-4H3,(H,21,24)(H,22,25)/b20-12+. The lowest BCUT2D eigenvalue weighted by molar-refractivity contribution is -0.136. The van der Waals surface area contributed by atoms with Gasteiger partial charge in [0, 0.05) is 25.5 Å². The number of hydrazone groups is 1. The largest absolute Gasteiger partial charge is 0.378 e. The zero-order valence-electron chi connectivity index (χ0n) is 14.8. The predicted octanol–water partition coefficient (Wildman–Crippen LogP) is 2.46. The van der Waals surface area contributed by atoms with Gasteiger partial charge < -0.3 is 10.2 Å². The third kappa shape index (κ3) is 5.46. The van der Waals surface area contributed by atoms with Gasteiger partial charge in [-0.05, 0) is 54.8 Å². The molecule has 6 heteroatoms. The van der Waals surface area contributed by atoms with E-state index in [1.165, 1.54) is 6.21 Å². The van der Waals surface area contributed by atoms with Crippen LogP contribution in [0.4, 0.5) is 11.4 Å². The van der Waals surface area contributed by atoms with Gasteiger partial charge >= 0.3 is 11.8 Å². The highest BCUT2D eigenvalue weighted by Gasteiger charge is 2.13. The quantitative estimate of drug-likeness (QED) is 0.511. The zero-order valence-corrected chi connectivity index (χ0v) is 14.8. The van der Waals surface area contributed by atoms with Crippen LogP contribution in [0.15, 0.2) is 47.6 Å². The maximum atomic E-state index is 11.9. The van der Waals surface area contributed by atoms with E-state index in [9.17, 15) is 9.59 Å². The molecule has 0 aliphatic heterocycles. The number of nitrogens with zero attached hydrogens (tertiary/aromatic N) is 2. The van der Waals surface area contributed by atoms with E-state index in [1.54, 1.807) is 12.1 Å². The van der Waals surface area contributed by atoms with Crippen molar-refractivity contribution >= 4 is 29.4 Å². The first-order chi connectivity index (χ1) is 11.8. The topological polar surface area (TPSA) is 73.8 Å². The molecule has 0 aromatic heterocycles. The molecule has 0 aliphatic carbocycles. The van der Waals surface area contributed by atoms with Crippen LogP contribution in [0.1, 0.15) is 16.7 Å². The highest BCUT2D eigenvalue weighted by Crippen LogP contribution is 2.13. The van der Waals surface area contributed by atoms with E-state index in [2.05, 4.69) is 15.8 Å². The number of carbonyl (C=O) groups is 2. The fraction of sp³-hybridized carbons (Fsp3) is 0.211. The normalized spacial score (nSPS) is 10.6. The van der Waals surface area contributed by atoms with Crippen molar-refractivity contribution < 1.29 is 9.59 Å². The lowest BCUT2D eigenvalue weighted by Gasteiger charge is -2.11. The van der Waals surface area contributed by atoms with Gasteiger partial charge in [-0.2, -0.15) is 5.10 Å². The summed E-state index contributed by atoms with van der Waals surface area (Å²) in [6, 6.07) is 13.2. The Labute approximate surface area is 147 Å². The molecule has 0 radical (unpaired) electrons. The van der Waals surface area contributed by atoms with Crippen molar-refractivity contribution in [3.8, 4) is 0 Å². The molecule has 25 heavy (non-hydrogen) atoms. The molecule has 6 nitrogen and oxygen atoms in total. The van der Waals surface area contributed by atoms with Crippen LogP contribution in [0.3, 0.4) is 0 Å². The number of carbonyl (C=O) groups excluding carboxylic acids is 2. The SMILES string of the molecule is Cc1cc(C)cc(NC(=O)C(=O)N/N=C/c2ccc(N(C)C)cc2)c1. The van der Waals surface area contributed by atoms with Crippen molar-refractivity contribution in [1.82, 2.24) is 5.43 Å². The first kappa shape index (κ1) is 18.2. The second-order valence-electron chi connectivity index (χ2n) is 6.02. The molecule has 2 aromatic carbocycles. The van der Waals surface area contributed by atoms with Gasteiger partial charge in [-0.3, -0.25) is 9.59 Å². The summed E-state index contributed by atoms with van der Waals surface area (Å²) in [5.41, 5.74) is 6.71. The van der Waals surface area contributed by atoms with Gasteiger partial charge in [-0.15, -0.1) is 0 Å². The summed E-state index contributed by atoms with van der Waals surface area (Å²) in [5, 5.41) is 6.38. The summed E-state index contributed by atoms with van der Waals surface area (Å²) in [6.07, 6.45) is 1.49. The summed E-state index contributed by atoms with van der Waals surface area (Å²) < 4.78 is 0. The molecule has 0 spiro atoms. The highest BCUT2D eigenvalue weighted by molar-refractivity contribution is 6.39. The van der Waals surface area contributed by atoms with Crippen LogP contribution in [0.2, 0.25) is 0 Å². The van der Waals surface area contributed by atoms with Crippen LogP contribution >= 0.6 is 0 Å². The van der Waals surface area contributed by atoms with E-state index in [0.29, 0.717) is 5.69 Å². The lowest BCUT2D eigenvalue weighted by Crippen LogP contribution is -2.32. The fourth-order valence-electron chi connectivity index (χ4n) is 2.31. The Balaban J connectivity index is 1.91. The highest BCUT2D eigenvalue weighted by atomic mass is 16.2. The summed E-state index contributed by atoms with van der Waals surface area (Å²) >= 11 is 0. The number of hydrogen-bond donors (Lipinski definition) is 2. The average molecular weight is 338 g/mol. The Morgan fingerprint density at radius 2 is 1.56 bits per heavy atom. The molecular weight excluding hydrogens is 316 g/mol. The van der Waals surface area contributed by atoms with E-state index < -0.39 is 11.8 Å². The molecule has 2 N–H and O–H groups in total. The first-order valence-corrected chi connectivity index (χ1v) is 7.85. The number of amides is 2. The van der Waals surface area contributed by atoms with Crippen LogP contribution in [0.5, 0.6) is 0 Å². The minimum atomic E-state index is -0.819. The Kier molecular flexibility index (Phi) is 5.89. The van der Waals surface area contributed by atoms with Gasteiger partial charge in [-0.1, -0.05) is 18.2 Å². The number of benzene rings is 2. The van der Waals surface area contributed by atoms with Gasteiger partial charge in [0.2, 0.25) is 0 Å². The third-order valence-electron chi connectivity index (χ3n) is 3.47. The van der Waals surface area contributed by atoms with Crippen molar-refractivity contribution in [2.45, 2.75) is 13.8 Å². The van der Waals surface area contributed by atoms with Crippen molar-refractivity contribution in [1.29, 1.82) is 0 Å².